The monoisotopic (exact) mass is 334 g/mol. The molecule has 1 rings (SSSR count). The van der Waals surface area contributed by atoms with Crippen LogP contribution in [0.25, 0.3) is 0 Å². The lowest BCUT2D eigenvalue weighted by Crippen LogP contribution is -2.38. The molecule has 5 heteroatoms. The summed E-state index contributed by atoms with van der Waals surface area (Å²) >= 11 is 0. The van der Waals surface area contributed by atoms with E-state index in [1.165, 1.54) is 5.56 Å². The molecule has 1 aromatic rings. The van der Waals surface area contributed by atoms with E-state index < -0.39 is 0 Å². The number of nitrogens with zero attached hydrogens (tertiary/aromatic N) is 2. The Labute approximate surface area is 147 Å². The van der Waals surface area contributed by atoms with Crippen molar-refractivity contribution in [3.8, 4) is 5.75 Å². The van der Waals surface area contributed by atoms with Crippen LogP contribution in [0.5, 0.6) is 5.75 Å². The minimum atomic E-state index is 0.675. The van der Waals surface area contributed by atoms with Gasteiger partial charge in [0.05, 0.1) is 6.61 Å². The molecule has 0 unspecified atom stereocenters. The Morgan fingerprint density at radius 1 is 1.17 bits per heavy atom. The average Bonchev–Trinajstić information content (AvgIpc) is 2.59. The quantitative estimate of drug-likeness (QED) is 0.392. The summed E-state index contributed by atoms with van der Waals surface area (Å²) in [5.41, 5.74) is 2.36. The maximum atomic E-state index is 5.73. The molecule has 1 aromatic carbocycles. The van der Waals surface area contributed by atoms with Crippen molar-refractivity contribution in [1.82, 2.24) is 15.5 Å². The summed E-state index contributed by atoms with van der Waals surface area (Å²) in [4.78, 5) is 6.72. The second kappa shape index (κ2) is 11.7. The first-order chi connectivity index (χ1) is 11.6. The third-order valence-electron chi connectivity index (χ3n) is 4.03. The third-order valence-corrected chi connectivity index (χ3v) is 4.03. The third kappa shape index (κ3) is 7.21. The van der Waals surface area contributed by atoms with E-state index in [0.717, 1.165) is 49.9 Å². The first-order valence-electron chi connectivity index (χ1n) is 9.03. The van der Waals surface area contributed by atoms with Gasteiger partial charge in [0, 0.05) is 25.7 Å². The minimum absolute atomic E-state index is 0.675. The Morgan fingerprint density at radius 3 is 2.54 bits per heavy atom. The van der Waals surface area contributed by atoms with Gasteiger partial charge in [0.1, 0.15) is 5.75 Å². The lowest BCUT2D eigenvalue weighted by Gasteiger charge is -2.18. The highest BCUT2D eigenvalue weighted by atomic mass is 16.5. The fourth-order valence-electron chi connectivity index (χ4n) is 2.55. The molecule has 0 saturated carbocycles. The molecule has 0 radical (unpaired) electrons. The van der Waals surface area contributed by atoms with E-state index in [9.17, 15) is 0 Å². The highest BCUT2D eigenvalue weighted by Crippen LogP contribution is 2.20. The molecular formula is C19H34N4O. The zero-order chi connectivity index (χ0) is 17.8. The van der Waals surface area contributed by atoms with Crippen LogP contribution >= 0.6 is 0 Å². The lowest BCUT2D eigenvalue weighted by molar-refractivity contribution is 0.300. The summed E-state index contributed by atoms with van der Waals surface area (Å²) in [6.07, 6.45) is 1.11. The molecule has 2 N–H and O–H groups in total. The number of rotatable bonds is 10. The van der Waals surface area contributed by atoms with Gasteiger partial charge in [-0.2, -0.15) is 0 Å². The molecule has 0 aliphatic heterocycles. The average molecular weight is 335 g/mol. The fourth-order valence-corrected chi connectivity index (χ4v) is 2.55. The second-order valence-corrected chi connectivity index (χ2v) is 5.78. The van der Waals surface area contributed by atoms with Gasteiger partial charge in [0.2, 0.25) is 0 Å². The van der Waals surface area contributed by atoms with Crippen LogP contribution < -0.4 is 15.4 Å². The molecule has 0 aromatic heterocycles. The van der Waals surface area contributed by atoms with Gasteiger partial charge in [-0.1, -0.05) is 26.0 Å². The van der Waals surface area contributed by atoms with E-state index in [2.05, 4.69) is 59.5 Å². The summed E-state index contributed by atoms with van der Waals surface area (Å²) in [6, 6.07) is 6.31. The number of ether oxygens (including phenoxy) is 1. The molecule has 0 aliphatic carbocycles. The number of nitrogens with one attached hydrogen (secondary N) is 2. The van der Waals surface area contributed by atoms with Crippen LogP contribution in [0.3, 0.4) is 0 Å². The molecular weight excluding hydrogens is 300 g/mol. The van der Waals surface area contributed by atoms with E-state index in [4.69, 9.17) is 4.74 Å². The molecule has 24 heavy (non-hydrogen) atoms. The number of guanidine groups is 1. The number of aliphatic imine (C=N–C) groups is 1. The summed E-state index contributed by atoms with van der Waals surface area (Å²) < 4.78 is 5.73. The maximum Gasteiger partial charge on any atom is 0.191 e. The van der Waals surface area contributed by atoms with E-state index in [-0.39, 0.29) is 0 Å². The van der Waals surface area contributed by atoms with Crippen LogP contribution in [0.15, 0.2) is 23.2 Å². The van der Waals surface area contributed by atoms with Crippen LogP contribution in [-0.2, 0) is 6.54 Å². The first-order valence-corrected chi connectivity index (χ1v) is 9.03. The van der Waals surface area contributed by atoms with Crippen molar-refractivity contribution in [2.75, 3.05) is 39.8 Å². The van der Waals surface area contributed by atoms with Gasteiger partial charge in [-0.15, -0.1) is 0 Å². The summed E-state index contributed by atoms with van der Waals surface area (Å²) in [5.74, 6) is 1.78. The number of hydrogen-bond donors (Lipinski definition) is 2. The highest BCUT2D eigenvalue weighted by molar-refractivity contribution is 5.79. The number of hydrogen-bond acceptors (Lipinski definition) is 3. The second-order valence-electron chi connectivity index (χ2n) is 5.78. The molecule has 0 fully saturated rings. The van der Waals surface area contributed by atoms with Gasteiger partial charge in [-0.3, -0.25) is 4.99 Å². The predicted molar refractivity (Wildman–Crippen MR) is 103 cm³/mol. The highest BCUT2D eigenvalue weighted by Gasteiger charge is 2.05. The van der Waals surface area contributed by atoms with Crippen molar-refractivity contribution < 1.29 is 4.74 Å². The SMILES string of the molecule is CCOc1cc(C)ccc1CNC(=NC)NCCCN(CC)CC. The van der Waals surface area contributed by atoms with Gasteiger partial charge in [0.25, 0.3) is 0 Å². The summed E-state index contributed by atoms with van der Waals surface area (Å²) in [6.45, 7) is 14.1. The van der Waals surface area contributed by atoms with Crippen molar-refractivity contribution >= 4 is 5.96 Å². The first kappa shape index (κ1) is 20.3. The molecule has 0 spiro atoms. The van der Waals surface area contributed by atoms with Crippen LogP contribution in [0.4, 0.5) is 0 Å². The molecule has 5 nitrogen and oxygen atoms in total. The Bertz CT molecular complexity index is 498. The largest absolute Gasteiger partial charge is 0.494 e. The zero-order valence-electron chi connectivity index (χ0n) is 16.0. The number of aryl methyl sites for hydroxylation is 1. The Morgan fingerprint density at radius 2 is 1.92 bits per heavy atom. The van der Waals surface area contributed by atoms with E-state index in [0.29, 0.717) is 13.2 Å². The van der Waals surface area contributed by atoms with E-state index >= 15 is 0 Å². The maximum absolute atomic E-state index is 5.73. The van der Waals surface area contributed by atoms with Crippen molar-refractivity contribution in [2.24, 2.45) is 4.99 Å². The van der Waals surface area contributed by atoms with Gasteiger partial charge >= 0.3 is 0 Å². The Balaban J connectivity index is 2.44. The smallest absolute Gasteiger partial charge is 0.191 e. The van der Waals surface area contributed by atoms with Gasteiger partial charge < -0.3 is 20.3 Å². The molecule has 0 amide bonds. The van der Waals surface area contributed by atoms with E-state index in [1.807, 2.05) is 6.92 Å². The Hall–Kier alpha value is -1.75. The van der Waals surface area contributed by atoms with Crippen molar-refractivity contribution in [1.29, 1.82) is 0 Å². The van der Waals surface area contributed by atoms with E-state index in [1.54, 1.807) is 7.05 Å². The van der Waals surface area contributed by atoms with Gasteiger partial charge in [-0.25, -0.2) is 0 Å². The van der Waals surface area contributed by atoms with Crippen molar-refractivity contribution in [3.63, 3.8) is 0 Å². The molecule has 0 bridgehead atoms. The zero-order valence-corrected chi connectivity index (χ0v) is 16.0. The standard InChI is InChI=1S/C19H34N4O/c1-6-23(7-2)13-9-12-21-19(20-5)22-15-17-11-10-16(4)14-18(17)24-8-3/h10-11,14H,6-9,12-13,15H2,1-5H3,(H2,20,21,22). The van der Waals surface area contributed by atoms with Gasteiger partial charge in [-0.05, 0) is 51.5 Å². The predicted octanol–water partition coefficient (Wildman–Crippen LogP) is 2.79. The van der Waals surface area contributed by atoms with Gasteiger partial charge in [0.15, 0.2) is 5.96 Å². The van der Waals surface area contributed by atoms with Crippen LogP contribution in [0, 0.1) is 6.92 Å². The molecule has 0 aliphatic rings. The molecule has 0 atom stereocenters. The van der Waals surface area contributed by atoms with Crippen molar-refractivity contribution in [3.05, 3.63) is 29.3 Å². The normalized spacial score (nSPS) is 11.7. The Kier molecular flexibility index (Phi) is 9.92. The van der Waals surface area contributed by atoms with Crippen molar-refractivity contribution in [2.45, 2.75) is 40.7 Å². The van der Waals surface area contributed by atoms with Crippen LogP contribution in [0.1, 0.15) is 38.3 Å². The van der Waals surface area contributed by atoms with Crippen LogP contribution in [-0.4, -0.2) is 50.7 Å². The molecule has 0 heterocycles. The minimum Gasteiger partial charge on any atom is -0.494 e. The molecule has 136 valence electrons. The lowest BCUT2D eigenvalue weighted by atomic mass is 10.1. The fraction of sp³-hybridized carbons (Fsp3) is 0.632. The summed E-state index contributed by atoms with van der Waals surface area (Å²) in [7, 11) is 1.80. The molecule has 0 saturated heterocycles. The van der Waals surface area contributed by atoms with Crippen LogP contribution in [0.2, 0.25) is 0 Å². The summed E-state index contributed by atoms with van der Waals surface area (Å²) in [5, 5.41) is 6.74. The number of benzene rings is 1. The topological polar surface area (TPSA) is 48.9 Å².